The first-order valence-corrected chi connectivity index (χ1v) is 17.4. The van der Waals surface area contributed by atoms with Crippen molar-refractivity contribution in [3.05, 3.63) is 181 Å². The van der Waals surface area contributed by atoms with Crippen molar-refractivity contribution in [2.24, 2.45) is 0 Å². The summed E-state index contributed by atoms with van der Waals surface area (Å²) in [5.74, 6) is 0. The zero-order valence-corrected chi connectivity index (χ0v) is 27.5. The van der Waals surface area contributed by atoms with Gasteiger partial charge in [0.25, 0.3) is 0 Å². The van der Waals surface area contributed by atoms with E-state index in [1.54, 1.807) is 0 Å². The molecule has 10 rings (SSSR count). The third-order valence-corrected chi connectivity index (χ3v) is 10.3. The summed E-state index contributed by atoms with van der Waals surface area (Å²) in [6.45, 7) is 0. The van der Waals surface area contributed by atoms with E-state index in [2.05, 4.69) is 181 Å². The Morgan fingerprint density at radius 2 is 1.20 bits per heavy atom. The highest BCUT2D eigenvalue weighted by atomic mass is 16.3. The van der Waals surface area contributed by atoms with Crippen LogP contribution in [0.3, 0.4) is 0 Å². The molecule has 1 aliphatic rings. The van der Waals surface area contributed by atoms with E-state index in [0.29, 0.717) is 0 Å². The fraction of sp³-hybridized carbons (Fsp3) is 0.0417. The van der Waals surface area contributed by atoms with Crippen molar-refractivity contribution in [3.8, 4) is 22.3 Å². The average Bonchev–Trinajstić information content (AvgIpc) is 3.55. The maximum Gasteiger partial charge on any atom is 0.136 e. The molecule has 0 atom stereocenters. The molecule has 0 saturated heterocycles. The molecule has 0 amide bonds. The van der Waals surface area contributed by atoms with Crippen molar-refractivity contribution < 1.29 is 4.42 Å². The van der Waals surface area contributed by atoms with Crippen LogP contribution < -0.4 is 4.90 Å². The van der Waals surface area contributed by atoms with Gasteiger partial charge in [-0.25, -0.2) is 0 Å². The smallest absolute Gasteiger partial charge is 0.136 e. The number of anilines is 3. The highest BCUT2D eigenvalue weighted by Gasteiger charge is 2.22. The number of para-hydroxylation sites is 1. The van der Waals surface area contributed by atoms with E-state index < -0.39 is 0 Å². The number of allylic oxidation sites excluding steroid dienone is 1. The number of fused-ring (bicyclic) bond motifs is 6. The van der Waals surface area contributed by atoms with Gasteiger partial charge >= 0.3 is 0 Å². The Balaban J connectivity index is 1.21. The molecule has 50 heavy (non-hydrogen) atoms. The maximum absolute atomic E-state index is 6.53. The Kier molecular flexibility index (Phi) is 6.67. The van der Waals surface area contributed by atoms with Gasteiger partial charge in [-0.2, -0.15) is 0 Å². The van der Waals surface area contributed by atoms with Gasteiger partial charge < -0.3 is 9.32 Å². The number of aryl methyl sites for hydroxylation is 1. The minimum absolute atomic E-state index is 0.894. The fourth-order valence-electron chi connectivity index (χ4n) is 7.90. The molecular weight excluding hydrogens is 607 g/mol. The number of hydrogen-bond donors (Lipinski definition) is 0. The second-order valence-corrected chi connectivity index (χ2v) is 13.2. The van der Waals surface area contributed by atoms with Gasteiger partial charge in [-0.15, -0.1) is 0 Å². The summed E-state index contributed by atoms with van der Waals surface area (Å²) >= 11 is 0. The van der Waals surface area contributed by atoms with E-state index in [0.717, 1.165) is 63.0 Å². The molecule has 2 heteroatoms. The normalized spacial score (nSPS) is 12.6. The van der Waals surface area contributed by atoms with Gasteiger partial charge in [0.1, 0.15) is 11.2 Å². The molecule has 1 aromatic heterocycles. The minimum Gasteiger partial charge on any atom is -0.456 e. The topological polar surface area (TPSA) is 16.4 Å². The molecule has 1 aliphatic carbocycles. The lowest BCUT2D eigenvalue weighted by Crippen LogP contribution is -2.12. The van der Waals surface area contributed by atoms with E-state index >= 15 is 0 Å². The maximum atomic E-state index is 6.53. The molecule has 0 radical (unpaired) electrons. The lowest BCUT2D eigenvalue weighted by molar-refractivity contribution is 0.669. The van der Waals surface area contributed by atoms with Crippen LogP contribution in [0.15, 0.2) is 174 Å². The van der Waals surface area contributed by atoms with Gasteiger partial charge in [0, 0.05) is 27.7 Å². The highest BCUT2D eigenvalue weighted by Crippen LogP contribution is 2.46. The van der Waals surface area contributed by atoms with Crippen molar-refractivity contribution in [2.45, 2.75) is 12.8 Å². The van der Waals surface area contributed by atoms with Crippen LogP contribution >= 0.6 is 0 Å². The molecule has 0 spiro atoms. The molecule has 236 valence electrons. The van der Waals surface area contributed by atoms with Gasteiger partial charge in [-0.05, 0) is 111 Å². The second-order valence-electron chi connectivity index (χ2n) is 13.2. The molecular formula is C48H33NO. The second kappa shape index (κ2) is 11.6. The van der Waals surface area contributed by atoms with Gasteiger partial charge in [-0.3, -0.25) is 0 Å². The van der Waals surface area contributed by atoms with Crippen LogP contribution in [0.2, 0.25) is 0 Å². The predicted octanol–water partition coefficient (Wildman–Crippen LogP) is 13.7. The first kappa shape index (κ1) is 28.6. The first-order valence-electron chi connectivity index (χ1n) is 17.4. The van der Waals surface area contributed by atoms with E-state index in [-0.39, 0.29) is 0 Å². The van der Waals surface area contributed by atoms with Crippen molar-refractivity contribution in [1.29, 1.82) is 0 Å². The number of benzene rings is 8. The zero-order chi connectivity index (χ0) is 33.0. The quantitative estimate of drug-likeness (QED) is 0.186. The van der Waals surface area contributed by atoms with Crippen LogP contribution in [0.4, 0.5) is 17.1 Å². The largest absolute Gasteiger partial charge is 0.456 e. The Hall–Kier alpha value is -6.38. The van der Waals surface area contributed by atoms with Gasteiger partial charge in [0.15, 0.2) is 0 Å². The molecule has 1 heterocycles. The van der Waals surface area contributed by atoms with Gasteiger partial charge in [-0.1, -0.05) is 127 Å². The monoisotopic (exact) mass is 639 g/mol. The summed E-state index contributed by atoms with van der Waals surface area (Å²) < 4.78 is 6.53. The van der Waals surface area contributed by atoms with Crippen LogP contribution in [0.1, 0.15) is 17.5 Å². The average molecular weight is 640 g/mol. The van der Waals surface area contributed by atoms with Crippen LogP contribution in [-0.2, 0) is 6.42 Å². The highest BCUT2D eigenvalue weighted by molar-refractivity contribution is 6.16. The van der Waals surface area contributed by atoms with Crippen LogP contribution in [0.25, 0.3) is 71.8 Å². The summed E-state index contributed by atoms with van der Waals surface area (Å²) in [5.41, 5.74) is 12.6. The van der Waals surface area contributed by atoms with E-state index in [4.69, 9.17) is 4.42 Å². The van der Waals surface area contributed by atoms with Gasteiger partial charge in [0.2, 0.25) is 0 Å². The molecule has 0 aliphatic heterocycles. The van der Waals surface area contributed by atoms with E-state index in [9.17, 15) is 0 Å². The van der Waals surface area contributed by atoms with E-state index in [1.165, 1.54) is 43.8 Å². The van der Waals surface area contributed by atoms with Crippen LogP contribution in [0.5, 0.6) is 0 Å². The lowest BCUT2D eigenvalue weighted by Gasteiger charge is -2.29. The molecule has 0 fully saturated rings. The number of furan rings is 1. The molecule has 0 N–H and O–H groups in total. The zero-order valence-electron chi connectivity index (χ0n) is 27.5. The fourth-order valence-corrected chi connectivity index (χ4v) is 7.90. The SMILES string of the molecule is C1=Cc2cc(N(c3cccc(-c4cccc5ccccc45)c3)c3ccccc3-c3cccc4oc5cc6ccccc6cc5c34)ccc2CC1. The molecule has 0 saturated carbocycles. The number of rotatable bonds is 5. The lowest BCUT2D eigenvalue weighted by atomic mass is 9.94. The summed E-state index contributed by atoms with van der Waals surface area (Å²) in [6, 6.07) is 59.4. The molecule has 0 unspecified atom stereocenters. The Bertz CT molecular complexity index is 2780. The molecule has 9 aromatic rings. The summed E-state index contributed by atoms with van der Waals surface area (Å²) in [7, 11) is 0. The van der Waals surface area contributed by atoms with Crippen LogP contribution in [0, 0.1) is 0 Å². The third-order valence-electron chi connectivity index (χ3n) is 10.3. The van der Waals surface area contributed by atoms with Crippen LogP contribution in [-0.4, -0.2) is 0 Å². The summed E-state index contributed by atoms with van der Waals surface area (Å²) in [6.07, 6.45) is 6.73. The molecule has 0 bridgehead atoms. The van der Waals surface area contributed by atoms with Gasteiger partial charge in [0.05, 0.1) is 5.69 Å². The molecule has 2 nitrogen and oxygen atoms in total. The van der Waals surface area contributed by atoms with Crippen molar-refractivity contribution in [2.75, 3.05) is 4.90 Å². The Labute approximate surface area is 291 Å². The first-order chi connectivity index (χ1) is 24.8. The Morgan fingerprint density at radius 1 is 0.480 bits per heavy atom. The van der Waals surface area contributed by atoms with Crippen molar-refractivity contribution in [1.82, 2.24) is 0 Å². The van der Waals surface area contributed by atoms with Crippen molar-refractivity contribution in [3.63, 3.8) is 0 Å². The summed E-state index contributed by atoms with van der Waals surface area (Å²) in [5, 5.41) is 7.15. The number of nitrogens with zero attached hydrogens (tertiary/aromatic N) is 1. The third kappa shape index (κ3) is 4.72. The predicted molar refractivity (Wildman–Crippen MR) is 212 cm³/mol. The standard InChI is InChI=1S/C48H33NO/c1-2-14-34-28-39(27-26-32(34)12-1)49(38-19-9-18-37(29-38)41-22-10-17-33-13-5-6-20-40(33)41)45-24-8-7-21-42(45)43-23-11-25-46-48(43)44-30-35-15-3-4-16-36(35)31-47(44)50-46/h2-11,13-31H,1,12H2. The van der Waals surface area contributed by atoms with Crippen molar-refractivity contribution >= 4 is 66.6 Å². The summed E-state index contributed by atoms with van der Waals surface area (Å²) in [4.78, 5) is 2.43. The minimum atomic E-state index is 0.894. The molecule has 8 aromatic carbocycles. The number of hydrogen-bond acceptors (Lipinski definition) is 2. The Morgan fingerprint density at radius 3 is 2.14 bits per heavy atom. The van der Waals surface area contributed by atoms with E-state index in [1.807, 2.05) is 0 Å².